The lowest BCUT2D eigenvalue weighted by Gasteiger charge is -2.04. The lowest BCUT2D eigenvalue weighted by molar-refractivity contribution is 0.780. The van der Waals surface area contributed by atoms with Gasteiger partial charge in [-0.3, -0.25) is 9.55 Å². The molecule has 0 fully saturated rings. The number of hydrogen-bond acceptors (Lipinski definition) is 4. The Balaban J connectivity index is 2.03. The van der Waals surface area contributed by atoms with Crippen molar-refractivity contribution < 1.29 is 0 Å². The predicted octanol–water partition coefficient (Wildman–Crippen LogP) is 1.53. The predicted molar refractivity (Wildman–Crippen MR) is 69.4 cm³/mol. The minimum absolute atomic E-state index is 0.720. The van der Waals surface area contributed by atoms with Gasteiger partial charge in [0.05, 0.1) is 29.1 Å². The summed E-state index contributed by atoms with van der Waals surface area (Å²) in [5.74, 6) is 0.781. The summed E-state index contributed by atoms with van der Waals surface area (Å²) in [5.41, 5.74) is 2.91. The fourth-order valence-electron chi connectivity index (χ4n) is 1.89. The molecule has 5 nitrogen and oxygen atoms in total. The van der Waals surface area contributed by atoms with E-state index in [0.29, 0.717) is 0 Å². The van der Waals surface area contributed by atoms with Gasteiger partial charge in [-0.2, -0.15) is 0 Å². The zero-order valence-electron chi connectivity index (χ0n) is 10.0. The third kappa shape index (κ3) is 1.84. The van der Waals surface area contributed by atoms with Crippen LogP contribution in [0.1, 0.15) is 5.69 Å². The molecule has 0 spiro atoms. The third-order valence-electron chi connectivity index (χ3n) is 2.75. The van der Waals surface area contributed by atoms with E-state index in [1.54, 1.807) is 18.7 Å². The van der Waals surface area contributed by atoms with E-state index in [1.165, 1.54) is 0 Å². The lowest BCUT2D eigenvalue weighted by atomic mass is 10.3. The zero-order valence-corrected chi connectivity index (χ0v) is 10.0. The molecule has 0 saturated carbocycles. The van der Waals surface area contributed by atoms with Gasteiger partial charge in [-0.25, -0.2) is 9.97 Å². The maximum Gasteiger partial charge on any atom is 0.156 e. The van der Waals surface area contributed by atoms with Gasteiger partial charge in [0.1, 0.15) is 6.33 Å². The molecule has 90 valence electrons. The van der Waals surface area contributed by atoms with Gasteiger partial charge in [-0.05, 0) is 19.2 Å². The van der Waals surface area contributed by atoms with Gasteiger partial charge in [0.15, 0.2) is 5.82 Å². The molecular formula is C13H13N5. The van der Waals surface area contributed by atoms with Crippen molar-refractivity contribution in [2.45, 2.75) is 6.54 Å². The van der Waals surface area contributed by atoms with Crippen molar-refractivity contribution in [1.29, 1.82) is 0 Å². The molecule has 5 heteroatoms. The van der Waals surface area contributed by atoms with Crippen LogP contribution in [-0.2, 0) is 6.54 Å². The summed E-state index contributed by atoms with van der Waals surface area (Å²) in [6.07, 6.45) is 5.31. The van der Waals surface area contributed by atoms with E-state index in [-0.39, 0.29) is 0 Å². The zero-order chi connectivity index (χ0) is 12.4. The van der Waals surface area contributed by atoms with E-state index in [0.717, 1.165) is 29.1 Å². The summed E-state index contributed by atoms with van der Waals surface area (Å²) < 4.78 is 1.94. The number of hydrogen-bond donors (Lipinski definition) is 1. The second kappa shape index (κ2) is 4.54. The van der Waals surface area contributed by atoms with Crippen molar-refractivity contribution in [3.63, 3.8) is 0 Å². The number of fused-ring (bicyclic) bond motifs is 1. The molecule has 0 aliphatic rings. The van der Waals surface area contributed by atoms with Crippen LogP contribution in [0.3, 0.4) is 0 Å². The van der Waals surface area contributed by atoms with Gasteiger partial charge in [0, 0.05) is 6.54 Å². The van der Waals surface area contributed by atoms with Crippen molar-refractivity contribution in [3.05, 3.63) is 48.7 Å². The van der Waals surface area contributed by atoms with Gasteiger partial charge in [-0.1, -0.05) is 12.1 Å². The molecule has 0 saturated heterocycles. The van der Waals surface area contributed by atoms with Gasteiger partial charge >= 0.3 is 0 Å². The maximum absolute atomic E-state index is 4.41. The van der Waals surface area contributed by atoms with Gasteiger partial charge in [-0.15, -0.1) is 0 Å². The van der Waals surface area contributed by atoms with Crippen LogP contribution in [0.5, 0.6) is 0 Å². The highest BCUT2D eigenvalue weighted by Gasteiger charge is 2.05. The van der Waals surface area contributed by atoms with Crippen LogP contribution in [0, 0.1) is 0 Å². The topological polar surface area (TPSA) is 55.6 Å². The molecule has 0 unspecified atom stereocenters. The van der Waals surface area contributed by atoms with Crippen LogP contribution in [-0.4, -0.2) is 26.6 Å². The number of benzene rings is 1. The molecule has 2 heterocycles. The summed E-state index contributed by atoms with van der Waals surface area (Å²) >= 11 is 0. The van der Waals surface area contributed by atoms with Crippen LogP contribution in [0.15, 0.2) is 43.0 Å². The maximum atomic E-state index is 4.41. The Labute approximate surface area is 105 Å². The Morgan fingerprint density at radius 1 is 1.11 bits per heavy atom. The average molecular weight is 239 g/mol. The molecule has 2 aromatic heterocycles. The quantitative estimate of drug-likeness (QED) is 0.753. The third-order valence-corrected chi connectivity index (χ3v) is 2.75. The SMILES string of the molecule is CNCc1cnc(-n2cnc3ccccc32)cn1. The molecule has 0 bridgehead atoms. The second-order valence-electron chi connectivity index (χ2n) is 4.00. The molecule has 3 aromatic rings. The molecule has 1 N–H and O–H groups in total. The molecule has 0 amide bonds. The highest BCUT2D eigenvalue weighted by atomic mass is 15.1. The molecule has 3 rings (SSSR count). The van der Waals surface area contributed by atoms with Crippen molar-refractivity contribution >= 4 is 11.0 Å². The molecule has 0 radical (unpaired) electrons. The van der Waals surface area contributed by atoms with Crippen LogP contribution in [0.25, 0.3) is 16.9 Å². The highest BCUT2D eigenvalue weighted by molar-refractivity contribution is 5.76. The van der Waals surface area contributed by atoms with Gasteiger partial charge in [0.25, 0.3) is 0 Å². The van der Waals surface area contributed by atoms with Crippen molar-refractivity contribution in [2.75, 3.05) is 7.05 Å². The summed E-state index contributed by atoms with van der Waals surface area (Å²) in [4.78, 5) is 13.1. The summed E-state index contributed by atoms with van der Waals surface area (Å²) in [5, 5.41) is 3.05. The van der Waals surface area contributed by atoms with Gasteiger partial charge in [0.2, 0.25) is 0 Å². The number of rotatable bonds is 3. The average Bonchev–Trinajstić information content (AvgIpc) is 2.84. The molecule has 0 atom stereocenters. The summed E-state index contributed by atoms with van der Waals surface area (Å²) in [6, 6.07) is 7.96. The van der Waals surface area contributed by atoms with E-state index in [2.05, 4.69) is 20.3 Å². The number of imidazole rings is 1. The molecule has 0 aliphatic heterocycles. The van der Waals surface area contributed by atoms with Crippen molar-refractivity contribution in [3.8, 4) is 5.82 Å². The summed E-state index contributed by atoms with van der Waals surface area (Å²) in [6.45, 7) is 0.720. The van der Waals surface area contributed by atoms with Crippen LogP contribution in [0.4, 0.5) is 0 Å². The first-order valence-corrected chi connectivity index (χ1v) is 5.76. The largest absolute Gasteiger partial charge is 0.314 e. The molecule has 0 aliphatic carbocycles. The smallest absolute Gasteiger partial charge is 0.156 e. The van der Waals surface area contributed by atoms with Crippen LogP contribution >= 0.6 is 0 Å². The standard InChI is InChI=1S/C13H13N5/c1-14-6-10-7-16-13(8-15-10)18-9-17-11-4-2-3-5-12(11)18/h2-5,7-9,14H,6H2,1H3. The van der Waals surface area contributed by atoms with E-state index >= 15 is 0 Å². The number of nitrogens with zero attached hydrogens (tertiary/aromatic N) is 4. The van der Waals surface area contributed by atoms with Gasteiger partial charge < -0.3 is 5.32 Å². The fourth-order valence-corrected chi connectivity index (χ4v) is 1.89. The van der Waals surface area contributed by atoms with E-state index in [4.69, 9.17) is 0 Å². The first-order chi connectivity index (χ1) is 8.88. The van der Waals surface area contributed by atoms with Crippen LogP contribution < -0.4 is 5.32 Å². The first kappa shape index (κ1) is 10.9. The number of nitrogens with one attached hydrogen (secondary N) is 1. The van der Waals surface area contributed by atoms with E-state index in [9.17, 15) is 0 Å². The number of aromatic nitrogens is 4. The van der Waals surface area contributed by atoms with Crippen molar-refractivity contribution in [1.82, 2.24) is 24.8 Å². The monoisotopic (exact) mass is 239 g/mol. The fraction of sp³-hybridized carbons (Fsp3) is 0.154. The Morgan fingerprint density at radius 2 is 2.00 bits per heavy atom. The van der Waals surface area contributed by atoms with E-state index in [1.807, 2.05) is 35.9 Å². The number of para-hydroxylation sites is 2. The normalized spacial score (nSPS) is 10.9. The Bertz CT molecular complexity index is 656. The molecule has 1 aromatic carbocycles. The molecule has 18 heavy (non-hydrogen) atoms. The Hall–Kier alpha value is -2.27. The Morgan fingerprint density at radius 3 is 2.78 bits per heavy atom. The Kier molecular flexibility index (Phi) is 2.74. The lowest BCUT2D eigenvalue weighted by Crippen LogP contribution is -2.08. The van der Waals surface area contributed by atoms with Crippen LogP contribution in [0.2, 0.25) is 0 Å². The highest BCUT2D eigenvalue weighted by Crippen LogP contribution is 2.15. The minimum Gasteiger partial charge on any atom is -0.314 e. The summed E-state index contributed by atoms with van der Waals surface area (Å²) in [7, 11) is 1.89. The van der Waals surface area contributed by atoms with Crippen molar-refractivity contribution in [2.24, 2.45) is 0 Å². The van der Waals surface area contributed by atoms with E-state index < -0.39 is 0 Å². The second-order valence-corrected chi connectivity index (χ2v) is 4.00. The first-order valence-electron chi connectivity index (χ1n) is 5.76. The molecular weight excluding hydrogens is 226 g/mol. The minimum atomic E-state index is 0.720.